The highest BCUT2D eigenvalue weighted by molar-refractivity contribution is 9.10. The average molecular weight is 345 g/mol. The van der Waals surface area contributed by atoms with Crippen molar-refractivity contribution in [1.29, 1.82) is 0 Å². The van der Waals surface area contributed by atoms with Gasteiger partial charge in [-0.1, -0.05) is 36.7 Å². The summed E-state index contributed by atoms with van der Waals surface area (Å²) in [6, 6.07) is 4.30. The summed E-state index contributed by atoms with van der Waals surface area (Å²) in [6.45, 7) is 5.59. The van der Waals surface area contributed by atoms with E-state index in [2.05, 4.69) is 26.6 Å². The predicted octanol–water partition coefficient (Wildman–Crippen LogP) is 3.08. The van der Waals surface area contributed by atoms with Crippen LogP contribution < -0.4 is 10.6 Å². The number of hydrogen-bond donors (Lipinski definition) is 2. The molecule has 0 atom stereocenters. The number of rotatable bonds is 4. The van der Waals surface area contributed by atoms with E-state index >= 15 is 0 Å². The van der Waals surface area contributed by atoms with Crippen LogP contribution in [-0.2, 0) is 9.59 Å². The fourth-order valence-corrected chi connectivity index (χ4v) is 1.72. The normalized spacial score (nSPS) is 11.1. The van der Waals surface area contributed by atoms with Crippen molar-refractivity contribution in [3.63, 3.8) is 0 Å². The van der Waals surface area contributed by atoms with E-state index in [-0.39, 0.29) is 30.5 Å². The minimum Gasteiger partial charge on any atom is -0.355 e. The van der Waals surface area contributed by atoms with E-state index < -0.39 is 11.2 Å². The standard InChI is InChI=1S/C14H18BrFN2O2/c1-14(2,3)13(20)17-7-6-12(19)18-11-8-9(15)4-5-10(11)16/h4-5,8H,6-7H2,1-3H3,(H,17,20)(H,18,19). The summed E-state index contributed by atoms with van der Waals surface area (Å²) in [7, 11) is 0. The fourth-order valence-electron chi connectivity index (χ4n) is 1.36. The van der Waals surface area contributed by atoms with Crippen LogP contribution in [0.4, 0.5) is 10.1 Å². The molecule has 0 aromatic heterocycles. The first-order valence-corrected chi connectivity index (χ1v) is 7.02. The lowest BCUT2D eigenvalue weighted by atomic mass is 9.96. The maximum atomic E-state index is 13.4. The second-order valence-electron chi connectivity index (χ2n) is 5.43. The lowest BCUT2D eigenvalue weighted by Gasteiger charge is -2.17. The lowest BCUT2D eigenvalue weighted by molar-refractivity contribution is -0.128. The van der Waals surface area contributed by atoms with Gasteiger partial charge in [-0.05, 0) is 18.2 Å². The van der Waals surface area contributed by atoms with Crippen molar-refractivity contribution in [1.82, 2.24) is 5.32 Å². The molecule has 0 unspecified atom stereocenters. The Hall–Kier alpha value is -1.43. The molecule has 0 aliphatic carbocycles. The summed E-state index contributed by atoms with van der Waals surface area (Å²) in [5, 5.41) is 5.13. The second kappa shape index (κ2) is 6.83. The minimum atomic E-state index is -0.500. The van der Waals surface area contributed by atoms with E-state index in [1.165, 1.54) is 12.1 Å². The van der Waals surface area contributed by atoms with E-state index in [0.29, 0.717) is 4.47 Å². The number of hydrogen-bond acceptors (Lipinski definition) is 2. The Morgan fingerprint density at radius 2 is 1.95 bits per heavy atom. The molecule has 0 spiro atoms. The monoisotopic (exact) mass is 344 g/mol. The molecule has 20 heavy (non-hydrogen) atoms. The number of nitrogens with one attached hydrogen (secondary N) is 2. The molecule has 0 bridgehead atoms. The maximum absolute atomic E-state index is 13.4. The average Bonchev–Trinajstić information content (AvgIpc) is 2.32. The van der Waals surface area contributed by atoms with Gasteiger partial charge in [0.1, 0.15) is 5.82 Å². The van der Waals surface area contributed by atoms with E-state index in [4.69, 9.17) is 0 Å². The van der Waals surface area contributed by atoms with Gasteiger partial charge in [-0.3, -0.25) is 9.59 Å². The third-order valence-corrected chi connectivity index (χ3v) is 3.01. The molecule has 2 amide bonds. The van der Waals surface area contributed by atoms with Gasteiger partial charge in [0.25, 0.3) is 0 Å². The van der Waals surface area contributed by atoms with Gasteiger partial charge >= 0.3 is 0 Å². The molecule has 6 heteroatoms. The Kier molecular flexibility index (Phi) is 5.68. The molecular weight excluding hydrogens is 327 g/mol. The van der Waals surface area contributed by atoms with Gasteiger partial charge in [-0.2, -0.15) is 0 Å². The minimum absolute atomic E-state index is 0.0910. The molecule has 0 saturated heterocycles. The molecule has 1 aromatic carbocycles. The zero-order chi connectivity index (χ0) is 15.3. The van der Waals surface area contributed by atoms with Crippen LogP contribution in [0, 0.1) is 11.2 Å². The fraction of sp³-hybridized carbons (Fsp3) is 0.429. The summed E-state index contributed by atoms with van der Waals surface area (Å²) >= 11 is 3.20. The summed E-state index contributed by atoms with van der Waals surface area (Å²) < 4.78 is 14.1. The highest BCUT2D eigenvalue weighted by Gasteiger charge is 2.20. The summed E-state index contributed by atoms with van der Waals surface area (Å²) in [5.41, 5.74) is -0.376. The van der Waals surface area contributed by atoms with Gasteiger partial charge in [0, 0.05) is 22.9 Å². The largest absolute Gasteiger partial charge is 0.355 e. The molecular formula is C14H18BrFN2O2. The van der Waals surface area contributed by atoms with E-state index in [9.17, 15) is 14.0 Å². The quantitative estimate of drug-likeness (QED) is 0.881. The van der Waals surface area contributed by atoms with Crippen molar-refractivity contribution in [2.75, 3.05) is 11.9 Å². The topological polar surface area (TPSA) is 58.2 Å². The SMILES string of the molecule is CC(C)(C)C(=O)NCCC(=O)Nc1cc(Br)ccc1F. The molecule has 0 heterocycles. The smallest absolute Gasteiger partial charge is 0.226 e. The molecule has 0 radical (unpaired) electrons. The van der Waals surface area contributed by atoms with E-state index in [1.54, 1.807) is 26.8 Å². The molecule has 1 aromatic rings. The molecule has 0 saturated carbocycles. The van der Waals surface area contributed by atoms with Crippen molar-refractivity contribution in [2.24, 2.45) is 5.41 Å². The molecule has 1 rings (SSSR count). The highest BCUT2D eigenvalue weighted by atomic mass is 79.9. The number of anilines is 1. The van der Waals surface area contributed by atoms with Crippen LogP contribution >= 0.6 is 15.9 Å². The van der Waals surface area contributed by atoms with Crippen molar-refractivity contribution in [3.8, 4) is 0 Å². The van der Waals surface area contributed by atoms with Gasteiger partial charge < -0.3 is 10.6 Å². The van der Waals surface area contributed by atoms with Crippen molar-refractivity contribution in [3.05, 3.63) is 28.5 Å². The van der Waals surface area contributed by atoms with Gasteiger partial charge in [-0.25, -0.2) is 4.39 Å². The predicted molar refractivity (Wildman–Crippen MR) is 79.8 cm³/mol. The third kappa shape index (κ3) is 5.28. The second-order valence-corrected chi connectivity index (χ2v) is 6.34. The Morgan fingerprint density at radius 3 is 2.55 bits per heavy atom. The Balaban J connectivity index is 2.45. The van der Waals surface area contributed by atoms with Crippen LogP contribution in [-0.4, -0.2) is 18.4 Å². The van der Waals surface area contributed by atoms with Gasteiger partial charge in [0.2, 0.25) is 11.8 Å². The van der Waals surface area contributed by atoms with Crippen LogP contribution in [0.25, 0.3) is 0 Å². The van der Waals surface area contributed by atoms with Gasteiger partial charge in [-0.15, -0.1) is 0 Å². The van der Waals surface area contributed by atoms with Crippen LogP contribution in [0.3, 0.4) is 0 Å². The molecule has 4 nitrogen and oxygen atoms in total. The first kappa shape index (κ1) is 16.6. The number of benzene rings is 1. The van der Waals surface area contributed by atoms with Crippen LogP contribution in [0.15, 0.2) is 22.7 Å². The molecule has 0 aliphatic rings. The van der Waals surface area contributed by atoms with Gasteiger partial charge in [0.05, 0.1) is 5.69 Å². The van der Waals surface area contributed by atoms with Gasteiger partial charge in [0.15, 0.2) is 0 Å². The Morgan fingerprint density at radius 1 is 1.30 bits per heavy atom. The zero-order valence-corrected chi connectivity index (χ0v) is 13.3. The lowest BCUT2D eigenvalue weighted by Crippen LogP contribution is -2.36. The van der Waals surface area contributed by atoms with Crippen LogP contribution in [0.1, 0.15) is 27.2 Å². The van der Waals surface area contributed by atoms with E-state index in [1.807, 2.05) is 0 Å². The summed E-state index contributed by atoms with van der Waals surface area (Å²) in [4.78, 5) is 23.3. The highest BCUT2D eigenvalue weighted by Crippen LogP contribution is 2.20. The van der Waals surface area contributed by atoms with Crippen LogP contribution in [0.2, 0.25) is 0 Å². The zero-order valence-electron chi connectivity index (χ0n) is 11.7. The molecule has 0 fully saturated rings. The maximum Gasteiger partial charge on any atom is 0.226 e. The molecule has 0 aliphatic heterocycles. The molecule has 2 N–H and O–H groups in total. The summed E-state index contributed by atoms with van der Waals surface area (Å²) in [6.07, 6.45) is 0.0910. The van der Waals surface area contributed by atoms with Crippen molar-refractivity contribution < 1.29 is 14.0 Å². The first-order valence-electron chi connectivity index (χ1n) is 6.23. The van der Waals surface area contributed by atoms with E-state index in [0.717, 1.165) is 0 Å². The first-order chi connectivity index (χ1) is 9.20. The third-order valence-electron chi connectivity index (χ3n) is 2.52. The number of carbonyl (C=O) groups excluding carboxylic acids is 2. The number of carbonyl (C=O) groups is 2. The molecule has 110 valence electrons. The van der Waals surface area contributed by atoms with Crippen molar-refractivity contribution >= 4 is 33.4 Å². The van der Waals surface area contributed by atoms with Crippen molar-refractivity contribution in [2.45, 2.75) is 27.2 Å². The Labute approximate surface area is 126 Å². The Bertz CT molecular complexity index is 512. The number of halogens is 2. The number of amides is 2. The summed E-state index contributed by atoms with van der Waals surface area (Å²) in [5.74, 6) is -0.976. The van der Waals surface area contributed by atoms with Crippen LogP contribution in [0.5, 0.6) is 0 Å².